The number of aryl methyl sites for hydroxylation is 1. The second-order valence-corrected chi connectivity index (χ2v) is 10.9. The predicted octanol–water partition coefficient (Wildman–Crippen LogP) is 6.27. The van der Waals surface area contributed by atoms with Gasteiger partial charge in [-0.3, -0.25) is 14.8 Å². The van der Waals surface area contributed by atoms with Crippen molar-refractivity contribution in [1.29, 1.82) is 0 Å². The zero-order chi connectivity index (χ0) is 34.0. The number of carboxylic acids is 1. The van der Waals surface area contributed by atoms with Gasteiger partial charge in [-0.05, 0) is 49.4 Å². The lowest BCUT2D eigenvalue weighted by molar-refractivity contribution is -0.385. The Balaban J connectivity index is 0.000000209. The van der Waals surface area contributed by atoms with Gasteiger partial charge in [-0.25, -0.2) is 23.1 Å². The Kier molecular flexibility index (Phi) is 9.38. The Bertz CT molecular complexity index is 2070. The largest absolute Gasteiger partial charge is 0.477 e. The van der Waals surface area contributed by atoms with Crippen molar-refractivity contribution in [2.45, 2.75) is 18.3 Å². The van der Waals surface area contributed by atoms with Crippen LogP contribution in [0.5, 0.6) is 11.5 Å². The van der Waals surface area contributed by atoms with Crippen molar-refractivity contribution in [2.24, 2.45) is 0 Å². The van der Waals surface area contributed by atoms with E-state index in [0.717, 1.165) is 53.0 Å². The number of sulfonamides is 1. The van der Waals surface area contributed by atoms with Crippen molar-refractivity contribution in [1.82, 2.24) is 19.6 Å². The van der Waals surface area contributed by atoms with Crippen LogP contribution in [0.4, 0.5) is 33.3 Å². The van der Waals surface area contributed by atoms with E-state index in [9.17, 15) is 45.3 Å². The molecule has 5 aromatic rings. The van der Waals surface area contributed by atoms with Gasteiger partial charge in [-0.2, -0.15) is 26.6 Å². The summed E-state index contributed by atoms with van der Waals surface area (Å²) in [6.07, 6.45) is -3.10. The molecule has 0 atom stereocenters. The number of hydrogen-bond acceptors (Lipinski definition) is 9. The molecular weight excluding hydrogens is 671 g/mol. The van der Waals surface area contributed by atoms with Crippen LogP contribution in [-0.2, 0) is 16.2 Å². The number of para-hydroxylation sites is 1. The van der Waals surface area contributed by atoms with Gasteiger partial charge < -0.3 is 9.84 Å². The van der Waals surface area contributed by atoms with Crippen LogP contribution in [0, 0.1) is 28.7 Å². The van der Waals surface area contributed by atoms with Gasteiger partial charge >= 0.3 is 12.1 Å². The molecule has 0 unspecified atom stereocenters. The van der Waals surface area contributed by atoms with Gasteiger partial charge in [0.1, 0.15) is 34.4 Å². The molecule has 5 rings (SSSR count). The molecule has 0 aliphatic heterocycles. The average molecular weight is 687 g/mol. The van der Waals surface area contributed by atoms with Crippen molar-refractivity contribution >= 4 is 44.7 Å². The zero-order valence-corrected chi connectivity index (χ0v) is 24.2. The number of nitrogens with one attached hydrogen (secondary N) is 1. The molecule has 2 aromatic heterocycles. The van der Waals surface area contributed by atoms with Crippen molar-refractivity contribution in [3.63, 3.8) is 0 Å². The Morgan fingerprint density at radius 3 is 2.33 bits per heavy atom. The van der Waals surface area contributed by atoms with Gasteiger partial charge in [0, 0.05) is 24.0 Å². The van der Waals surface area contributed by atoms with Crippen LogP contribution >= 0.6 is 11.6 Å². The van der Waals surface area contributed by atoms with Crippen LogP contribution in [-0.4, -0.2) is 44.0 Å². The van der Waals surface area contributed by atoms with E-state index in [2.05, 4.69) is 15.1 Å². The number of fused-ring (bicyclic) bond motifs is 1. The quantitative estimate of drug-likeness (QED) is 0.113. The van der Waals surface area contributed by atoms with Crippen LogP contribution in [0.2, 0.25) is 5.02 Å². The summed E-state index contributed by atoms with van der Waals surface area (Å²) in [5.41, 5.74) is -2.41. The summed E-state index contributed by atoms with van der Waals surface area (Å²) in [5, 5.41) is 22.5. The van der Waals surface area contributed by atoms with E-state index in [1.54, 1.807) is 17.7 Å². The maximum absolute atomic E-state index is 13.5. The topological polar surface area (TPSA) is 179 Å². The molecule has 0 amide bonds. The Morgan fingerprint density at radius 1 is 1.07 bits per heavy atom. The van der Waals surface area contributed by atoms with Crippen LogP contribution in [0.15, 0.2) is 72.0 Å². The van der Waals surface area contributed by atoms with Gasteiger partial charge in [-0.15, -0.1) is 5.10 Å². The van der Waals surface area contributed by atoms with Gasteiger partial charge in [-0.1, -0.05) is 17.7 Å². The van der Waals surface area contributed by atoms with Crippen molar-refractivity contribution in [3.05, 3.63) is 110 Å². The number of nitrogens with zero attached hydrogens (tertiary/aromatic N) is 5. The van der Waals surface area contributed by atoms with Crippen LogP contribution < -0.4 is 9.46 Å². The molecule has 20 heteroatoms. The number of rotatable bonds is 7. The van der Waals surface area contributed by atoms with E-state index in [0.29, 0.717) is 11.8 Å². The van der Waals surface area contributed by atoms with E-state index >= 15 is 0 Å². The van der Waals surface area contributed by atoms with Gasteiger partial charge in [0.2, 0.25) is 0 Å². The first-order valence-corrected chi connectivity index (χ1v) is 14.1. The number of alkyl halides is 3. The summed E-state index contributed by atoms with van der Waals surface area (Å²) in [4.78, 5) is 28.7. The standard InChI is InChI=1S/C14H7ClF3NO5.C12H9F2N5O2S/c15-10-5-7(14(16,17)18)1-4-12(10)24-8-2-3-11(19(22)23)9(6-8)13(20)21;1-7-5-6-19-11(15-7)16-12(17-19)22(20,21)18-10-8(13)3-2-4-9(10)14/h1-6H,(H,20,21);2-6,18H,1H3. The lowest BCUT2D eigenvalue weighted by Crippen LogP contribution is -2.16. The number of carboxylic acid groups (broad SMARTS) is 1. The van der Waals surface area contributed by atoms with Crippen LogP contribution in [0.25, 0.3) is 5.78 Å². The van der Waals surface area contributed by atoms with Crippen LogP contribution in [0.1, 0.15) is 21.6 Å². The maximum Gasteiger partial charge on any atom is 0.416 e. The highest BCUT2D eigenvalue weighted by Crippen LogP contribution is 2.37. The van der Waals surface area contributed by atoms with E-state index in [4.69, 9.17) is 21.4 Å². The molecule has 3 aromatic carbocycles. The molecule has 0 saturated heterocycles. The number of aromatic nitrogens is 4. The highest BCUT2D eigenvalue weighted by Gasteiger charge is 2.31. The molecule has 0 radical (unpaired) electrons. The summed E-state index contributed by atoms with van der Waals surface area (Å²) in [6.45, 7) is 1.70. The van der Waals surface area contributed by atoms with E-state index in [1.165, 1.54) is 6.20 Å². The second-order valence-electron chi connectivity index (χ2n) is 8.90. The minimum Gasteiger partial charge on any atom is -0.477 e. The summed E-state index contributed by atoms with van der Waals surface area (Å²) >= 11 is 5.72. The number of ether oxygens (including phenoxy) is 1. The number of aromatic carboxylic acids is 1. The molecule has 46 heavy (non-hydrogen) atoms. The first kappa shape index (κ1) is 33.5. The third kappa shape index (κ3) is 7.61. The first-order chi connectivity index (χ1) is 21.5. The van der Waals surface area contributed by atoms with E-state index < -0.39 is 66.4 Å². The van der Waals surface area contributed by atoms with E-state index in [1.807, 2.05) is 0 Å². The number of nitro groups is 1. The molecule has 13 nitrogen and oxygen atoms in total. The fourth-order valence-electron chi connectivity index (χ4n) is 3.53. The van der Waals surface area contributed by atoms with Gasteiger partial charge in [0.15, 0.2) is 0 Å². The highest BCUT2D eigenvalue weighted by atomic mass is 35.5. The minimum atomic E-state index is -4.58. The summed E-state index contributed by atoms with van der Waals surface area (Å²) in [7, 11) is -4.35. The second kappa shape index (κ2) is 12.9. The Hall–Kier alpha value is -5.43. The smallest absolute Gasteiger partial charge is 0.416 e. The monoisotopic (exact) mass is 686 g/mol. The first-order valence-electron chi connectivity index (χ1n) is 12.2. The predicted molar refractivity (Wildman–Crippen MR) is 149 cm³/mol. The van der Waals surface area contributed by atoms with Crippen LogP contribution in [0.3, 0.4) is 0 Å². The lowest BCUT2D eigenvalue weighted by Gasteiger charge is -2.11. The van der Waals surface area contributed by atoms with E-state index in [-0.39, 0.29) is 22.3 Å². The zero-order valence-electron chi connectivity index (χ0n) is 22.7. The fourth-order valence-corrected chi connectivity index (χ4v) is 4.70. The average Bonchev–Trinajstić information content (AvgIpc) is 3.40. The number of benzene rings is 3. The number of carbonyl (C=O) groups is 1. The Morgan fingerprint density at radius 2 is 1.74 bits per heavy atom. The molecule has 0 fully saturated rings. The third-order valence-corrected chi connectivity index (χ3v) is 7.07. The fraction of sp³-hybridized carbons (Fsp3) is 0.0769. The molecule has 0 saturated carbocycles. The summed E-state index contributed by atoms with van der Waals surface area (Å²) in [5.74, 6) is -3.85. The Labute approximate surface area is 259 Å². The van der Waals surface area contributed by atoms with Crippen molar-refractivity contribution in [2.75, 3.05) is 4.72 Å². The number of nitro benzene ring substituents is 1. The molecule has 0 spiro atoms. The number of anilines is 1. The SMILES string of the molecule is Cc1ccn2nc(S(=O)(=O)Nc3c(F)cccc3F)nc2n1.O=C(O)c1cc(Oc2ccc(C(F)(F)F)cc2Cl)ccc1[N+](=O)[O-]. The molecule has 0 aliphatic rings. The number of halogens is 6. The molecule has 2 N–H and O–H groups in total. The molecule has 0 aliphatic carbocycles. The van der Waals surface area contributed by atoms with Crippen molar-refractivity contribution in [3.8, 4) is 11.5 Å². The minimum absolute atomic E-state index is 0.0642. The normalized spacial score (nSPS) is 11.5. The molecular formula is C26H16ClF5N6O7S. The highest BCUT2D eigenvalue weighted by molar-refractivity contribution is 7.92. The van der Waals surface area contributed by atoms with Gasteiger partial charge in [0.25, 0.3) is 26.6 Å². The molecule has 0 bridgehead atoms. The van der Waals surface area contributed by atoms with Crippen molar-refractivity contribution < 1.29 is 49.9 Å². The van der Waals surface area contributed by atoms with Gasteiger partial charge in [0.05, 0.1) is 15.5 Å². The molecule has 2 heterocycles. The summed E-state index contributed by atoms with van der Waals surface area (Å²) < 4.78 is 97.2. The maximum atomic E-state index is 13.5. The summed E-state index contributed by atoms with van der Waals surface area (Å²) in [6, 6.07) is 9.87. The lowest BCUT2D eigenvalue weighted by atomic mass is 10.1. The molecule has 240 valence electrons. The number of hydrogen-bond donors (Lipinski definition) is 2. The third-order valence-electron chi connectivity index (χ3n) is 5.65.